The topological polar surface area (TPSA) is 93.4 Å². The molecule has 3 aromatic carbocycles. The number of carbonyl (C=O) groups is 1. The van der Waals surface area contributed by atoms with Gasteiger partial charge >= 0.3 is 0 Å². The molecular weight excluding hydrogens is 537 g/mol. The third kappa shape index (κ3) is 7.07. The summed E-state index contributed by atoms with van der Waals surface area (Å²) < 4.78 is 33.8. The lowest BCUT2D eigenvalue weighted by Gasteiger charge is -2.25. The highest BCUT2D eigenvalue weighted by atomic mass is 32.2. The summed E-state index contributed by atoms with van der Waals surface area (Å²) >= 11 is 0. The first-order valence-electron chi connectivity index (χ1n) is 13.9. The number of primary sulfonamides is 1. The van der Waals surface area contributed by atoms with Gasteiger partial charge in [-0.3, -0.25) is 9.78 Å². The number of amides is 1. The minimum absolute atomic E-state index is 0.0632. The summed E-state index contributed by atoms with van der Waals surface area (Å²) in [5.74, 6) is -0.199. The van der Waals surface area contributed by atoms with Gasteiger partial charge in [-0.15, -0.1) is 0 Å². The number of nitrogens with zero attached hydrogens (tertiary/aromatic N) is 2. The zero-order chi connectivity index (χ0) is 29.0. The zero-order valence-corrected chi connectivity index (χ0v) is 23.9. The van der Waals surface area contributed by atoms with E-state index in [-0.39, 0.29) is 11.8 Å². The molecule has 212 valence electrons. The number of anilines is 1. The smallest absolute Gasteiger partial charge is 0.240 e. The fourth-order valence-corrected chi connectivity index (χ4v) is 6.05. The van der Waals surface area contributed by atoms with Crippen LogP contribution in [0.2, 0.25) is 0 Å². The second-order valence-corrected chi connectivity index (χ2v) is 12.2. The Hall–Kier alpha value is -3.88. The molecule has 2 aliphatic carbocycles. The molecule has 0 radical (unpaired) electrons. The van der Waals surface area contributed by atoms with Crippen LogP contribution in [0.4, 0.5) is 10.1 Å². The number of sulfonamides is 1. The molecule has 4 aromatic rings. The first-order chi connectivity index (χ1) is 19.7. The van der Waals surface area contributed by atoms with Crippen LogP contribution in [0, 0.1) is 18.7 Å². The molecule has 6 rings (SSSR count). The Labute approximate surface area is 241 Å². The van der Waals surface area contributed by atoms with Crippen molar-refractivity contribution >= 4 is 21.6 Å². The van der Waals surface area contributed by atoms with Crippen molar-refractivity contribution < 1.29 is 17.6 Å². The number of fused-ring (bicyclic) bond motifs is 1. The molecule has 8 heteroatoms. The summed E-state index contributed by atoms with van der Waals surface area (Å²) in [7, 11) is -3.91. The molecular formula is C33H34FN3O3S. The third-order valence-electron chi connectivity index (χ3n) is 7.65. The molecule has 1 fully saturated rings. The average molecular weight is 572 g/mol. The molecule has 2 N–H and O–H groups in total. The Morgan fingerprint density at radius 3 is 2.32 bits per heavy atom. The largest absolute Gasteiger partial charge is 0.306 e. The van der Waals surface area contributed by atoms with E-state index in [0.717, 1.165) is 48.5 Å². The Kier molecular flexibility index (Phi) is 8.61. The molecule has 2 aliphatic rings. The number of nitrogens with two attached hydrogens (primary N) is 1. The summed E-state index contributed by atoms with van der Waals surface area (Å²) in [5, 5.41) is 4.69. The van der Waals surface area contributed by atoms with E-state index < -0.39 is 20.7 Å². The Balaban J connectivity index is 0.000000259. The first kappa shape index (κ1) is 28.6. The molecule has 41 heavy (non-hydrogen) atoms. The maximum absolute atomic E-state index is 13.6. The van der Waals surface area contributed by atoms with Crippen molar-refractivity contribution in [3.8, 4) is 0 Å². The Morgan fingerprint density at radius 2 is 1.63 bits per heavy atom. The molecule has 0 saturated heterocycles. The first-order valence-corrected chi connectivity index (χ1v) is 15.4. The minimum atomic E-state index is -3.91. The van der Waals surface area contributed by atoms with Gasteiger partial charge in [0.05, 0.1) is 12.2 Å². The van der Waals surface area contributed by atoms with Crippen molar-refractivity contribution in [2.45, 2.75) is 56.4 Å². The molecule has 0 bridgehead atoms. The minimum Gasteiger partial charge on any atom is -0.306 e. The van der Waals surface area contributed by atoms with Crippen LogP contribution in [0.5, 0.6) is 0 Å². The van der Waals surface area contributed by atoms with E-state index in [4.69, 9.17) is 0 Å². The van der Waals surface area contributed by atoms with E-state index >= 15 is 0 Å². The fraction of sp³-hybridized carbons (Fsp3) is 0.273. The zero-order valence-electron chi connectivity index (χ0n) is 23.0. The summed E-state index contributed by atoms with van der Waals surface area (Å²) in [6.45, 7) is 2.53. The standard InChI is InChI=1S/C27H28N2O.C6H6FNO2S/c1-19-8-7-13-23(28-19)18-29(24-15-14-20-9-5-6-12-22(20)16-24)27(30)26-17-25(26)21-10-3-2-4-11-21;7-5-3-1-2-4-6(5)11(8,9)10/h2-4,7-8,10-11,13-16,25-26H,5-6,9,12,17-18H2,1H3;1-4H,(H2,8,9,10). The average Bonchev–Trinajstić information content (AvgIpc) is 3.77. The van der Waals surface area contributed by atoms with E-state index in [2.05, 4.69) is 52.6 Å². The fourth-order valence-electron chi connectivity index (χ4n) is 5.45. The maximum Gasteiger partial charge on any atom is 0.240 e. The molecule has 2 atom stereocenters. The Morgan fingerprint density at radius 1 is 0.927 bits per heavy atom. The SMILES string of the molecule is Cc1cccc(CN(C(=O)C2CC2c2ccccc2)c2ccc3c(c2)CCCC3)n1.NS(=O)(=O)c1ccccc1F. The van der Waals surface area contributed by atoms with E-state index in [1.807, 2.05) is 36.1 Å². The monoisotopic (exact) mass is 571 g/mol. The number of hydrogen-bond donors (Lipinski definition) is 1. The molecule has 1 saturated carbocycles. The molecule has 2 unspecified atom stereocenters. The predicted molar refractivity (Wildman–Crippen MR) is 158 cm³/mol. The third-order valence-corrected chi connectivity index (χ3v) is 8.60. The van der Waals surface area contributed by atoms with Crippen molar-refractivity contribution in [3.05, 3.63) is 125 Å². The van der Waals surface area contributed by atoms with Crippen LogP contribution in [-0.4, -0.2) is 19.3 Å². The van der Waals surface area contributed by atoms with E-state index in [9.17, 15) is 17.6 Å². The van der Waals surface area contributed by atoms with Crippen molar-refractivity contribution in [1.29, 1.82) is 0 Å². The van der Waals surface area contributed by atoms with Gasteiger partial charge in [-0.05, 0) is 98.0 Å². The second-order valence-electron chi connectivity index (χ2n) is 10.7. The highest BCUT2D eigenvalue weighted by molar-refractivity contribution is 7.89. The number of aryl methyl sites for hydroxylation is 3. The highest BCUT2D eigenvalue weighted by Gasteiger charge is 2.46. The van der Waals surface area contributed by atoms with Gasteiger partial charge in [0.2, 0.25) is 15.9 Å². The van der Waals surface area contributed by atoms with Crippen molar-refractivity contribution in [3.63, 3.8) is 0 Å². The van der Waals surface area contributed by atoms with E-state index in [1.165, 1.54) is 41.7 Å². The van der Waals surface area contributed by atoms with Gasteiger partial charge in [0.25, 0.3) is 0 Å². The van der Waals surface area contributed by atoms with Gasteiger partial charge in [-0.2, -0.15) is 0 Å². The molecule has 1 amide bonds. The summed E-state index contributed by atoms with van der Waals surface area (Å²) in [5.41, 5.74) is 7.07. The number of carbonyl (C=O) groups excluding carboxylic acids is 1. The second kappa shape index (κ2) is 12.3. The quantitative estimate of drug-likeness (QED) is 0.304. The lowest BCUT2D eigenvalue weighted by atomic mass is 9.91. The lowest BCUT2D eigenvalue weighted by molar-refractivity contribution is -0.120. The summed E-state index contributed by atoms with van der Waals surface area (Å²) in [6, 6.07) is 28.1. The predicted octanol–water partition coefficient (Wildman–Crippen LogP) is 6.08. The molecule has 0 aliphatic heterocycles. The van der Waals surface area contributed by atoms with Gasteiger partial charge in [-0.25, -0.2) is 17.9 Å². The molecule has 6 nitrogen and oxygen atoms in total. The van der Waals surface area contributed by atoms with Crippen LogP contribution in [-0.2, 0) is 34.2 Å². The van der Waals surface area contributed by atoms with Gasteiger partial charge in [0.1, 0.15) is 10.7 Å². The van der Waals surface area contributed by atoms with Crippen LogP contribution in [0.3, 0.4) is 0 Å². The summed E-state index contributed by atoms with van der Waals surface area (Å²) in [6.07, 6.45) is 5.71. The lowest BCUT2D eigenvalue weighted by Crippen LogP contribution is -2.32. The number of hydrogen-bond acceptors (Lipinski definition) is 4. The maximum atomic E-state index is 13.6. The highest BCUT2D eigenvalue weighted by Crippen LogP contribution is 2.49. The van der Waals surface area contributed by atoms with Gasteiger partial charge in [0.15, 0.2) is 0 Å². The number of pyridine rings is 1. The number of aromatic nitrogens is 1. The van der Waals surface area contributed by atoms with Crippen LogP contribution in [0.1, 0.15) is 53.3 Å². The van der Waals surface area contributed by atoms with Crippen molar-refractivity contribution in [2.24, 2.45) is 11.1 Å². The van der Waals surface area contributed by atoms with Gasteiger partial charge in [-0.1, -0.05) is 54.6 Å². The van der Waals surface area contributed by atoms with Crippen molar-refractivity contribution in [2.75, 3.05) is 4.90 Å². The number of benzene rings is 3. The molecule has 0 spiro atoms. The van der Waals surface area contributed by atoms with Gasteiger partial charge < -0.3 is 4.90 Å². The van der Waals surface area contributed by atoms with Crippen LogP contribution in [0.15, 0.2) is 95.9 Å². The van der Waals surface area contributed by atoms with Crippen LogP contribution in [0.25, 0.3) is 0 Å². The van der Waals surface area contributed by atoms with E-state index in [0.29, 0.717) is 12.5 Å². The van der Waals surface area contributed by atoms with Crippen LogP contribution < -0.4 is 10.0 Å². The molecule has 1 aromatic heterocycles. The Bertz CT molecular complexity index is 1640. The normalized spacial score (nSPS) is 17.5. The van der Waals surface area contributed by atoms with Gasteiger partial charge in [0, 0.05) is 17.3 Å². The summed E-state index contributed by atoms with van der Waals surface area (Å²) in [4.78, 5) is 19.8. The van der Waals surface area contributed by atoms with Crippen molar-refractivity contribution in [1.82, 2.24) is 4.98 Å². The molecule has 1 heterocycles. The van der Waals surface area contributed by atoms with Crippen LogP contribution >= 0.6 is 0 Å². The van der Waals surface area contributed by atoms with E-state index in [1.54, 1.807) is 0 Å². The number of rotatable bonds is 6. The number of halogens is 1.